The molecule has 6 heteroatoms. The van der Waals surface area contributed by atoms with E-state index in [0.717, 1.165) is 22.1 Å². The van der Waals surface area contributed by atoms with Crippen LogP contribution < -0.4 is 4.90 Å². The zero-order chi connectivity index (χ0) is 16.2. The smallest absolute Gasteiger partial charge is 0.227 e. The van der Waals surface area contributed by atoms with E-state index in [1.54, 1.807) is 35.7 Å². The van der Waals surface area contributed by atoms with E-state index in [0.29, 0.717) is 12.8 Å². The fourth-order valence-electron chi connectivity index (χ4n) is 2.36. The molecule has 0 aliphatic heterocycles. The number of aryl methyl sites for hydroxylation is 2. The number of hydrogen-bond acceptors (Lipinski definition) is 4. The van der Waals surface area contributed by atoms with Crippen molar-refractivity contribution < 1.29 is 4.79 Å². The Morgan fingerprint density at radius 3 is 2.61 bits per heavy atom. The van der Waals surface area contributed by atoms with Gasteiger partial charge in [0.2, 0.25) is 5.91 Å². The molecule has 0 N–H and O–H groups in total. The molecule has 2 aromatic heterocycles. The number of anilines is 1. The average molecular weight is 326 g/mol. The number of carbonyl (C=O) groups is 1. The predicted molar refractivity (Wildman–Crippen MR) is 92.5 cm³/mol. The Morgan fingerprint density at radius 2 is 2.00 bits per heavy atom. The molecule has 3 rings (SSSR count). The highest BCUT2D eigenvalue weighted by molar-refractivity contribution is 7.13. The zero-order valence-electron chi connectivity index (χ0n) is 13.1. The van der Waals surface area contributed by atoms with Gasteiger partial charge in [-0.2, -0.15) is 0 Å². The van der Waals surface area contributed by atoms with Crippen molar-refractivity contribution in [1.82, 2.24) is 14.5 Å². The predicted octanol–water partition coefficient (Wildman–Crippen LogP) is 3.14. The number of nitrogens with zero attached hydrogens (tertiary/aromatic N) is 4. The number of benzene rings is 1. The van der Waals surface area contributed by atoms with E-state index < -0.39 is 0 Å². The maximum atomic E-state index is 12.3. The first kappa shape index (κ1) is 15.4. The van der Waals surface area contributed by atoms with Crippen LogP contribution >= 0.6 is 11.3 Å². The third-order valence-electron chi connectivity index (χ3n) is 3.79. The lowest BCUT2D eigenvalue weighted by molar-refractivity contribution is -0.118. The molecule has 0 spiro atoms. The van der Waals surface area contributed by atoms with Crippen LogP contribution in [0.2, 0.25) is 0 Å². The normalized spacial score (nSPS) is 10.7. The second-order valence-electron chi connectivity index (χ2n) is 5.29. The van der Waals surface area contributed by atoms with Gasteiger partial charge in [0.1, 0.15) is 10.8 Å². The summed E-state index contributed by atoms with van der Waals surface area (Å²) < 4.78 is 1.94. The number of carbonyl (C=O) groups excluding carboxylic acids is 1. The molecule has 0 saturated heterocycles. The van der Waals surface area contributed by atoms with E-state index in [2.05, 4.69) is 9.97 Å². The summed E-state index contributed by atoms with van der Waals surface area (Å²) in [6.45, 7) is 0. The molecule has 0 unspecified atom stereocenters. The minimum absolute atomic E-state index is 0.0787. The SMILES string of the molecule is CN(C(=O)CCc1nccn1C)c1ccc(-c2nccs2)cc1. The van der Waals surface area contributed by atoms with Crippen molar-refractivity contribution in [2.75, 3.05) is 11.9 Å². The molecular formula is C17H18N4OS. The molecule has 1 aromatic carbocycles. The average Bonchev–Trinajstić information content (AvgIpc) is 3.24. The minimum atomic E-state index is 0.0787. The molecule has 23 heavy (non-hydrogen) atoms. The summed E-state index contributed by atoms with van der Waals surface area (Å²) in [5, 5.41) is 2.94. The Kier molecular flexibility index (Phi) is 4.52. The van der Waals surface area contributed by atoms with Gasteiger partial charge in [0.25, 0.3) is 0 Å². The maximum Gasteiger partial charge on any atom is 0.227 e. The Morgan fingerprint density at radius 1 is 1.22 bits per heavy atom. The number of imidazole rings is 1. The van der Waals surface area contributed by atoms with E-state index in [4.69, 9.17) is 0 Å². The molecule has 0 atom stereocenters. The van der Waals surface area contributed by atoms with Crippen molar-refractivity contribution in [1.29, 1.82) is 0 Å². The van der Waals surface area contributed by atoms with Gasteiger partial charge < -0.3 is 9.47 Å². The standard InChI is InChI=1S/C17H18N4OS/c1-20-11-9-18-15(20)7-8-16(22)21(2)14-5-3-13(4-6-14)17-19-10-12-23-17/h3-6,9-12H,7-8H2,1-2H3. The third-order valence-corrected chi connectivity index (χ3v) is 4.61. The Hall–Kier alpha value is -2.47. The quantitative estimate of drug-likeness (QED) is 0.724. The van der Waals surface area contributed by atoms with Crippen molar-refractivity contribution in [2.24, 2.45) is 7.05 Å². The first-order valence-electron chi connectivity index (χ1n) is 7.38. The molecule has 3 aromatic rings. The van der Waals surface area contributed by atoms with Gasteiger partial charge in [0, 0.05) is 62.2 Å². The summed E-state index contributed by atoms with van der Waals surface area (Å²) in [5.41, 5.74) is 1.95. The van der Waals surface area contributed by atoms with Gasteiger partial charge in [-0.25, -0.2) is 9.97 Å². The molecule has 0 aliphatic rings. The van der Waals surface area contributed by atoms with Gasteiger partial charge in [-0.1, -0.05) is 0 Å². The van der Waals surface area contributed by atoms with E-state index in [1.807, 2.05) is 47.5 Å². The molecule has 0 radical (unpaired) electrons. The van der Waals surface area contributed by atoms with Crippen LogP contribution in [0.4, 0.5) is 5.69 Å². The molecule has 5 nitrogen and oxygen atoms in total. The number of hydrogen-bond donors (Lipinski definition) is 0. The number of rotatable bonds is 5. The first-order valence-corrected chi connectivity index (χ1v) is 8.26. The summed E-state index contributed by atoms with van der Waals surface area (Å²) in [6.07, 6.45) is 6.52. The molecule has 0 bridgehead atoms. The number of amides is 1. The van der Waals surface area contributed by atoms with Crippen LogP contribution in [0.1, 0.15) is 12.2 Å². The lowest BCUT2D eigenvalue weighted by Gasteiger charge is -2.17. The van der Waals surface area contributed by atoms with Crippen LogP contribution in [-0.2, 0) is 18.3 Å². The maximum absolute atomic E-state index is 12.3. The van der Waals surface area contributed by atoms with Gasteiger partial charge in [-0.15, -0.1) is 11.3 Å². The number of aromatic nitrogens is 3. The fraction of sp³-hybridized carbons (Fsp3) is 0.235. The molecule has 0 fully saturated rings. The second kappa shape index (κ2) is 6.75. The zero-order valence-corrected chi connectivity index (χ0v) is 14.0. The van der Waals surface area contributed by atoms with Crippen molar-refractivity contribution in [3.05, 3.63) is 54.1 Å². The van der Waals surface area contributed by atoms with Crippen LogP contribution in [0.3, 0.4) is 0 Å². The lowest BCUT2D eigenvalue weighted by atomic mass is 10.2. The van der Waals surface area contributed by atoms with E-state index in [-0.39, 0.29) is 5.91 Å². The first-order chi connectivity index (χ1) is 11.1. The summed E-state index contributed by atoms with van der Waals surface area (Å²) in [5.74, 6) is 1.00. The second-order valence-corrected chi connectivity index (χ2v) is 6.19. The Balaban J connectivity index is 1.64. The molecule has 118 valence electrons. The molecule has 2 heterocycles. The van der Waals surface area contributed by atoms with Crippen LogP contribution in [-0.4, -0.2) is 27.5 Å². The minimum Gasteiger partial charge on any atom is -0.338 e. The molecule has 1 amide bonds. The van der Waals surface area contributed by atoms with Crippen LogP contribution in [0.5, 0.6) is 0 Å². The summed E-state index contributed by atoms with van der Waals surface area (Å²) in [7, 11) is 3.74. The summed E-state index contributed by atoms with van der Waals surface area (Å²) >= 11 is 1.60. The third kappa shape index (κ3) is 3.48. The van der Waals surface area contributed by atoms with Gasteiger partial charge >= 0.3 is 0 Å². The van der Waals surface area contributed by atoms with E-state index in [9.17, 15) is 4.79 Å². The van der Waals surface area contributed by atoms with Gasteiger partial charge in [0.05, 0.1) is 0 Å². The lowest BCUT2D eigenvalue weighted by Crippen LogP contribution is -2.26. The number of thiazole rings is 1. The van der Waals surface area contributed by atoms with Gasteiger partial charge in [-0.05, 0) is 24.3 Å². The summed E-state index contributed by atoms with van der Waals surface area (Å²) in [6, 6.07) is 7.90. The largest absolute Gasteiger partial charge is 0.338 e. The topological polar surface area (TPSA) is 51.0 Å². The van der Waals surface area contributed by atoms with Gasteiger partial charge in [-0.3, -0.25) is 4.79 Å². The van der Waals surface area contributed by atoms with Crippen LogP contribution in [0.25, 0.3) is 10.6 Å². The van der Waals surface area contributed by atoms with Crippen molar-refractivity contribution in [3.63, 3.8) is 0 Å². The Labute approximate surface area is 139 Å². The van der Waals surface area contributed by atoms with Crippen LogP contribution in [0, 0.1) is 0 Å². The van der Waals surface area contributed by atoms with E-state index >= 15 is 0 Å². The van der Waals surface area contributed by atoms with Crippen molar-refractivity contribution in [3.8, 4) is 10.6 Å². The van der Waals surface area contributed by atoms with Crippen molar-refractivity contribution >= 4 is 22.9 Å². The highest BCUT2D eigenvalue weighted by Gasteiger charge is 2.12. The highest BCUT2D eigenvalue weighted by atomic mass is 32.1. The Bertz CT molecular complexity index is 777. The monoisotopic (exact) mass is 326 g/mol. The van der Waals surface area contributed by atoms with E-state index in [1.165, 1.54) is 0 Å². The highest BCUT2D eigenvalue weighted by Crippen LogP contribution is 2.24. The van der Waals surface area contributed by atoms with Crippen LogP contribution in [0.15, 0.2) is 48.2 Å². The molecule has 0 aliphatic carbocycles. The van der Waals surface area contributed by atoms with Crippen molar-refractivity contribution in [2.45, 2.75) is 12.8 Å². The summed E-state index contributed by atoms with van der Waals surface area (Å²) in [4.78, 5) is 22.6. The van der Waals surface area contributed by atoms with Gasteiger partial charge in [0.15, 0.2) is 0 Å². The fourth-order valence-corrected chi connectivity index (χ4v) is 3.01. The molecular weight excluding hydrogens is 308 g/mol. The molecule has 0 saturated carbocycles.